The van der Waals surface area contributed by atoms with Crippen molar-refractivity contribution in [2.24, 2.45) is 0 Å². The van der Waals surface area contributed by atoms with Gasteiger partial charge in [0.15, 0.2) is 0 Å². The second-order valence-electron chi connectivity index (χ2n) is 5.97. The van der Waals surface area contributed by atoms with Gasteiger partial charge in [-0.25, -0.2) is 0 Å². The minimum atomic E-state index is -0.0451. The van der Waals surface area contributed by atoms with Crippen LogP contribution in [0.1, 0.15) is 55.4 Å². The van der Waals surface area contributed by atoms with Crippen LogP contribution in [-0.4, -0.2) is 22.0 Å². The summed E-state index contributed by atoms with van der Waals surface area (Å²) >= 11 is 0. The van der Waals surface area contributed by atoms with Crippen LogP contribution in [-0.2, 0) is 0 Å². The number of aromatic hydroxyl groups is 1. The minimum absolute atomic E-state index is 0.0451. The zero-order valence-electron chi connectivity index (χ0n) is 12.2. The first-order valence-electron chi connectivity index (χ1n) is 7.85. The van der Waals surface area contributed by atoms with E-state index in [0.29, 0.717) is 5.69 Å². The number of fused-ring (bicyclic) bond motifs is 1. The number of hydrogen-bond donors (Lipinski definition) is 3. The number of carbonyl (C=O) groups is 1. The molecule has 1 aromatic heterocycles. The smallest absolute Gasteiger partial charge is 0.267 e. The molecular weight excluding hydrogens is 264 g/mol. The number of amides is 1. The first-order chi connectivity index (χ1) is 10.2. The SMILES string of the molecule is O=C(NC1CCCCCCC1)c1cc2ccc(O)cc2[nH]1. The molecule has 0 unspecified atom stereocenters. The van der Waals surface area contributed by atoms with Crippen molar-refractivity contribution >= 4 is 16.8 Å². The fourth-order valence-electron chi connectivity index (χ4n) is 3.10. The van der Waals surface area contributed by atoms with E-state index < -0.39 is 0 Å². The Kier molecular flexibility index (Phi) is 4.13. The fourth-order valence-corrected chi connectivity index (χ4v) is 3.10. The minimum Gasteiger partial charge on any atom is -0.508 e. The first-order valence-corrected chi connectivity index (χ1v) is 7.85. The summed E-state index contributed by atoms with van der Waals surface area (Å²) in [5, 5.41) is 13.6. The maximum absolute atomic E-state index is 12.4. The molecule has 4 nitrogen and oxygen atoms in total. The molecule has 4 heteroatoms. The normalized spacial score (nSPS) is 17.3. The summed E-state index contributed by atoms with van der Waals surface area (Å²) in [6.07, 6.45) is 8.43. The van der Waals surface area contributed by atoms with Gasteiger partial charge in [0, 0.05) is 23.0 Å². The quantitative estimate of drug-likeness (QED) is 0.787. The standard InChI is InChI=1S/C17H22N2O2/c20-14-9-8-12-10-16(19-15(12)11-14)17(21)18-13-6-4-2-1-3-5-7-13/h8-11,13,19-20H,1-7H2,(H,18,21). The molecule has 0 aliphatic heterocycles. The molecule has 1 aromatic carbocycles. The lowest BCUT2D eigenvalue weighted by molar-refractivity contribution is 0.0926. The molecule has 0 spiro atoms. The molecule has 0 bridgehead atoms. The Bertz CT molecular complexity index is 625. The molecule has 0 atom stereocenters. The van der Waals surface area contributed by atoms with Crippen LogP contribution < -0.4 is 5.32 Å². The van der Waals surface area contributed by atoms with Gasteiger partial charge in [-0.3, -0.25) is 4.79 Å². The first kappa shape index (κ1) is 14.0. The summed E-state index contributed by atoms with van der Waals surface area (Å²) in [4.78, 5) is 15.4. The van der Waals surface area contributed by atoms with E-state index in [0.717, 1.165) is 23.7 Å². The Morgan fingerprint density at radius 2 is 1.81 bits per heavy atom. The number of phenolic OH excluding ortho intramolecular Hbond substituents is 1. The largest absolute Gasteiger partial charge is 0.508 e. The van der Waals surface area contributed by atoms with Crippen molar-refractivity contribution in [1.82, 2.24) is 10.3 Å². The van der Waals surface area contributed by atoms with Gasteiger partial charge in [0.1, 0.15) is 11.4 Å². The van der Waals surface area contributed by atoms with E-state index in [2.05, 4.69) is 10.3 Å². The monoisotopic (exact) mass is 286 g/mol. The van der Waals surface area contributed by atoms with Crippen LogP contribution in [0.25, 0.3) is 10.9 Å². The number of aromatic nitrogens is 1. The summed E-state index contributed by atoms with van der Waals surface area (Å²) in [6, 6.07) is 7.22. The van der Waals surface area contributed by atoms with Gasteiger partial charge in [-0.1, -0.05) is 32.1 Å². The summed E-state index contributed by atoms with van der Waals surface area (Å²) in [6.45, 7) is 0. The number of benzene rings is 1. The molecule has 1 aliphatic carbocycles. The molecule has 1 heterocycles. The van der Waals surface area contributed by atoms with E-state index in [-0.39, 0.29) is 17.7 Å². The van der Waals surface area contributed by atoms with E-state index in [1.165, 1.54) is 32.1 Å². The summed E-state index contributed by atoms with van der Waals surface area (Å²) in [5.41, 5.74) is 1.36. The van der Waals surface area contributed by atoms with Gasteiger partial charge >= 0.3 is 0 Å². The summed E-state index contributed by atoms with van der Waals surface area (Å²) in [7, 11) is 0. The molecule has 1 fully saturated rings. The highest BCUT2D eigenvalue weighted by Crippen LogP contribution is 2.21. The lowest BCUT2D eigenvalue weighted by Crippen LogP contribution is -2.35. The maximum Gasteiger partial charge on any atom is 0.267 e. The molecule has 1 aliphatic rings. The lowest BCUT2D eigenvalue weighted by Gasteiger charge is -2.20. The Balaban J connectivity index is 1.70. The second-order valence-corrected chi connectivity index (χ2v) is 5.97. The van der Waals surface area contributed by atoms with E-state index >= 15 is 0 Å². The zero-order chi connectivity index (χ0) is 14.7. The second kappa shape index (κ2) is 6.20. The number of H-pyrrole nitrogens is 1. The third-order valence-electron chi connectivity index (χ3n) is 4.29. The molecule has 3 rings (SSSR count). The molecular formula is C17H22N2O2. The number of carbonyl (C=O) groups excluding carboxylic acids is 1. The van der Waals surface area contributed by atoms with E-state index in [1.807, 2.05) is 12.1 Å². The number of nitrogens with one attached hydrogen (secondary N) is 2. The lowest BCUT2D eigenvalue weighted by atomic mass is 9.96. The van der Waals surface area contributed by atoms with Crippen molar-refractivity contribution in [2.75, 3.05) is 0 Å². The highest BCUT2D eigenvalue weighted by molar-refractivity contribution is 5.98. The Morgan fingerprint density at radius 3 is 2.57 bits per heavy atom. The number of phenols is 1. The van der Waals surface area contributed by atoms with Gasteiger partial charge in [-0.2, -0.15) is 0 Å². The molecule has 0 radical (unpaired) electrons. The van der Waals surface area contributed by atoms with Gasteiger partial charge in [-0.05, 0) is 31.0 Å². The Labute approximate surface area is 124 Å². The highest BCUT2D eigenvalue weighted by atomic mass is 16.3. The average Bonchev–Trinajstić information content (AvgIpc) is 2.84. The van der Waals surface area contributed by atoms with Crippen LogP contribution in [0.4, 0.5) is 0 Å². The molecule has 3 N–H and O–H groups in total. The van der Waals surface area contributed by atoms with Gasteiger partial charge in [0.05, 0.1) is 0 Å². The van der Waals surface area contributed by atoms with Crippen molar-refractivity contribution in [3.63, 3.8) is 0 Å². The highest BCUT2D eigenvalue weighted by Gasteiger charge is 2.16. The van der Waals surface area contributed by atoms with E-state index in [1.54, 1.807) is 12.1 Å². The molecule has 1 saturated carbocycles. The third-order valence-corrected chi connectivity index (χ3v) is 4.29. The van der Waals surface area contributed by atoms with Crippen LogP contribution in [0.3, 0.4) is 0 Å². The van der Waals surface area contributed by atoms with Gasteiger partial charge in [-0.15, -0.1) is 0 Å². The van der Waals surface area contributed by atoms with Crippen molar-refractivity contribution in [1.29, 1.82) is 0 Å². The van der Waals surface area contributed by atoms with Crippen molar-refractivity contribution in [2.45, 2.75) is 51.0 Å². The van der Waals surface area contributed by atoms with E-state index in [9.17, 15) is 9.90 Å². The van der Waals surface area contributed by atoms with Gasteiger partial charge < -0.3 is 15.4 Å². The zero-order valence-corrected chi connectivity index (χ0v) is 12.2. The van der Waals surface area contributed by atoms with Gasteiger partial charge in [0.2, 0.25) is 0 Å². The van der Waals surface area contributed by atoms with Crippen LogP contribution in [0, 0.1) is 0 Å². The van der Waals surface area contributed by atoms with Gasteiger partial charge in [0.25, 0.3) is 5.91 Å². The van der Waals surface area contributed by atoms with Crippen LogP contribution in [0.2, 0.25) is 0 Å². The van der Waals surface area contributed by atoms with Crippen molar-refractivity contribution in [3.8, 4) is 5.75 Å². The predicted molar refractivity (Wildman–Crippen MR) is 83.5 cm³/mol. The number of rotatable bonds is 2. The summed E-state index contributed by atoms with van der Waals surface area (Å²) < 4.78 is 0. The maximum atomic E-state index is 12.4. The van der Waals surface area contributed by atoms with Crippen molar-refractivity contribution in [3.05, 3.63) is 30.0 Å². The molecule has 2 aromatic rings. The molecule has 0 saturated heterocycles. The van der Waals surface area contributed by atoms with Crippen molar-refractivity contribution < 1.29 is 9.90 Å². The number of hydrogen-bond acceptors (Lipinski definition) is 2. The number of aromatic amines is 1. The Hall–Kier alpha value is -1.97. The summed E-state index contributed by atoms with van der Waals surface area (Å²) in [5.74, 6) is 0.160. The average molecular weight is 286 g/mol. The fraction of sp³-hybridized carbons (Fsp3) is 0.471. The van der Waals surface area contributed by atoms with Crippen LogP contribution in [0.15, 0.2) is 24.3 Å². The van der Waals surface area contributed by atoms with E-state index in [4.69, 9.17) is 0 Å². The third kappa shape index (κ3) is 3.38. The van der Waals surface area contributed by atoms with Crippen LogP contribution in [0.5, 0.6) is 5.75 Å². The predicted octanol–water partition coefficient (Wildman–Crippen LogP) is 3.72. The molecule has 112 valence electrons. The van der Waals surface area contributed by atoms with Crippen LogP contribution >= 0.6 is 0 Å². The Morgan fingerprint density at radius 1 is 1.10 bits per heavy atom. The topological polar surface area (TPSA) is 65.1 Å². The molecule has 1 amide bonds. The molecule has 21 heavy (non-hydrogen) atoms.